The zero-order valence-corrected chi connectivity index (χ0v) is 12.6. The van der Waals surface area contributed by atoms with Crippen molar-refractivity contribution in [3.8, 4) is 5.75 Å². The summed E-state index contributed by atoms with van der Waals surface area (Å²) in [4.78, 5) is 0. The first kappa shape index (κ1) is 13.2. The van der Waals surface area contributed by atoms with Gasteiger partial charge in [0, 0.05) is 16.5 Å². The quantitative estimate of drug-likeness (QED) is 0.702. The second-order valence-electron chi connectivity index (χ2n) is 5.02. The van der Waals surface area contributed by atoms with E-state index in [4.69, 9.17) is 16.3 Å². The molecule has 0 aliphatic carbocycles. The lowest BCUT2D eigenvalue weighted by molar-refractivity contribution is 0.352. The van der Waals surface area contributed by atoms with Crippen molar-refractivity contribution in [3.05, 3.63) is 27.7 Å². The van der Waals surface area contributed by atoms with Gasteiger partial charge in [0.25, 0.3) is 0 Å². The third kappa shape index (κ3) is 3.17. The summed E-state index contributed by atoms with van der Waals surface area (Å²) in [6.07, 6.45) is 3.15. The summed E-state index contributed by atoms with van der Waals surface area (Å²) in [5, 5.41) is 0.0572. The zero-order valence-electron chi connectivity index (χ0n) is 10.3. The molecule has 0 N–H and O–H groups in total. The molecule has 1 aliphatic rings. The maximum Gasteiger partial charge on any atom is 0.127 e. The monoisotopic (exact) mass is 316 g/mol. The van der Waals surface area contributed by atoms with Gasteiger partial charge in [-0.25, -0.2) is 0 Å². The van der Waals surface area contributed by atoms with Crippen molar-refractivity contribution in [2.24, 2.45) is 5.92 Å². The highest BCUT2D eigenvalue weighted by Crippen LogP contribution is 2.40. The Morgan fingerprint density at radius 3 is 2.82 bits per heavy atom. The Kier molecular flexibility index (Phi) is 4.37. The highest BCUT2D eigenvalue weighted by molar-refractivity contribution is 9.10. The second kappa shape index (κ2) is 5.62. The van der Waals surface area contributed by atoms with Crippen molar-refractivity contribution in [2.75, 3.05) is 6.61 Å². The third-order valence-corrected chi connectivity index (χ3v) is 4.02. The summed E-state index contributed by atoms with van der Waals surface area (Å²) in [5.74, 6) is 1.72. The van der Waals surface area contributed by atoms with Crippen LogP contribution in [0, 0.1) is 5.92 Å². The van der Waals surface area contributed by atoms with Crippen LogP contribution in [-0.2, 0) is 6.42 Å². The number of alkyl halides is 1. The lowest BCUT2D eigenvalue weighted by atomic mass is 9.99. The van der Waals surface area contributed by atoms with Crippen molar-refractivity contribution in [1.29, 1.82) is 0 Å². The first-order valence-electron chi connectivity index (χ1n) is 6.17. The van der Waals surface area contributed by atoms with Crippen molar-refractivity contribution in [3.63, 3.8) is 0 Å². The first-order valence-corrected chi connectivity index (χ1v) is 7.40. The average Bonchev–Trinajstić information content (AvgIpc) is 2.72. The number of halogens is 2. The molecule has 0 spiro atoms. The van der Waals surface area contributed by atoms with Crippen LogP contribution >= 0.6 is 27.5 Å². The fraction of sp³-hybridized carbons (Fsp3) is 0.571. The van der Waals surface area contributed by atoms with E-state index in [9.17, 15) is 0 Å². The minimum atomic E-state index is 0.0572. The topological polar surface area (TPSA) is 9.23 Å². The molecule has 2 rings (SSSR count). The number of hydrogen-bond acceptors (Lipinski definition) is 1. The number of hydrogen-bond donors (Lipinski definition) is 0. The van der Waals surface area contributed by atoms with Crippen LogP contribution in [0.15, 0.2) is 16.6 Å². The van der Waals surface area contributed by atoms with Gasteiger partial charge < -0.3 is 4.74 Å². The van der Waals surface area contributed by atoms with Crippen LogP contribution in [-0.4, -0.2) is 6.61 Å². The molecule has 3 heteroatoms. The van der Waals surface area contributed by atoms with E-state index >= 15 is 0 Å². The summed E-state index contributed by atoms with van der Waals surface area (Å²) < 4.78 is 6.81. The van der Waals surface area contributed by atoms with Crippen LogP contribution in [0.1, 0.15) is 43.2 Å². The van der Waals surface area contributed by atoms with E-state index in [2.05, 4.69) is 41.9 Å². The van der Waals surface area contributed by atoms with E-state index in [0.29, 0.717) is 5.92 Å². The molecule has 0 amide bonds. The standard InChI is InChI=1S/C14H18BrClO/c1-9(2)3-4-13(16)12-8-11(15)7-10-5-6-17-14(10)12/h7-9,13H,3-6H2,1-2H3. The predicted octanol–water partition coefficient (Wildman–Crippen LogP) is 5.10. The Morgan fingerprint density at radius 1 is 1.35 bits per heavy atom. The van der Waals surface area contributed by atoms with Gasteiger partial charge in [-0.05, 0) is 36.5 Å². The van der Waals surface area contributed by atoms with Gasteiger partial charge in [0.05, 0.1) is 12.0 Å². The zero-order chi connectivity index (χ0) is 12.4. The van der Waals surface area contributed by atoms with E-state index in [1.165, 1.54) is 5.56 Å². The molecule has 1 atom stereocenters. The van der Waals surface area contributed by atoms with Gasteiger partial charge in [0.15, 0.2) is 0 Å². The summed E-state index contributed by atoms with van der Waals surface area (Å²) >= 11 is 10.1. The number of benzene rings is 1. The maximum absolute atomic E-state index is 6.51. The molecule has 1 aromatic carbocycles. The van der Waals surface area contributed by atoms with Crippen LogP contribution in [0.3, 0.4) is 0 Å². The van der Waals surface area contributed by atoms with Crippen LogP contribution < -0.4 is 4.74 Å². The largest absolute Gasteiger partial charge is 0.493 e. The van der Waals surface area contributed by atoms with Crippen LogP contribution in [0.25, 0.3) is 0 Å². The van der Waals surface area contributed by atoms with Crippen LogP contribution in [0.5, 0.6) is 5.75 Å². The molecule has 0 radical (unpaired) electrons. The third-order valence-electron chi connectivity index (χ3n) is 3.11. The highest BCUT2D eigenvalue weighted by atomic mass is 79.9. The molecule has 1 unspecified atom stereocenters. The molecule has 1 aliphatic heterocycles. The molecule has 17 heavy (non-hydrogen) atoms. The van der Waals surface area contributed by atoms with Gasteiger partial charge in [-0.3, -0.25) is 0 Å². The van der Waals surface area contributed by atoms with Gasteiger partial charge >= 0.3 is 0 Å². The van der Waals surface area contributed by atoms with Crippen molar-refractivity contribution >= 4 is 27.5 Å². The Labute approximate surface area is 117 Å². The van der Waals surface area contributed by atoms with Gasteiger partial charge in [0.2, 0.25) is 0 Å². The fourth-order valence-electron chi connectivity index (χ4n) is 2.17. The summed E-state index contributed by atoms with van der Waals surface area (Å²) in [6.45, 7) is 5.24. The molecule has 0 saturated heterocycles. The van der Waals surface area contributed by atoms with Gasteiger partial charge in [-0.15, -0.1) is 11.6 Å². The lowest BCUT2D eigenvalue weighted by Gasteiger charge is -2.15. The van der Waals surface area contributed by atoms with Crippen LogP contribution in [0.4, 0.5) is 0 Å². The molecule has 94 valence electrons. The minimum absolute atomic E-state index is 0.0572. The van der Waals surface area contributed by atoms with Gasteiger partial charge in [0.1, 0.15) is 5.75 Å². The Morgan fingerprint density at radius 2 is 2.12 bits per heavy atom. The molecule has 0 bridgehead atoms. The van der Waals surface area contributed by atoms with Crippen molar-refractivity contribution in [1.82, 2.24) is 0 Å². The molecular formula is C14H18BrClO. The molecule has 0 aromatic heterocycles. The van der Waals surface area contributed by atoms with Crippen LogP contribution in [0.2, 0.25) is 0 Å². The average molecular weight is 318 g/mol. The van der Waals surface area contributed by atoms with E-state index in [-0.39, 0.29) is 5.38 Å². The minimum Gasteiger partial charge on any atom is -0.493 e. The number of rotatable bonds is 4. The summed E-state index contributed by atoms with van der Waals surface area (Å²) in [7, 11) is 0. The van der Waals surface area contributed by atoms with Gasteiger partial charge in [-0.2, -0.15) is 0 Å². The number of fused-ring (bicyclic) bond motifs is 1. The van der Waals surface area contributed by atoms with E-state index in [1.54, 1.807) is 0 Å². The van der Waals surface area contributed by atoms with E-state index in [1.807, 2.05) is 0 Å². The maximum atomic E-state index is 6.51. The van der Waals surface area contributed by atoms with E-state index < -0.39 is 0 Å². The smallest absolute Gasteiger partial charge is 0.127 e. The van der Waals surface area contributed by atoms with Crippen molar-refractivity contribution in [2.45, 2.75) is 38.5 Å². The predicted molar refractivity (Wildman–Crippen MR) is 76.0 cm³/mol. The summed E-state index contributed by atoms with van der Waals surface area (Å²) in [5.41, 5.74) is 2.43. The molecule has 1 heterocycles. The molecule has 0 saturated carbocycles. The molecule has 0 fully saturated rings. The SMILES string of the molecule is CC(C)CCC(Cl)c1cc(Br)cc2c1OCC2. The number of ether oxygens (including phenoxy) is 1. The first-order chi connectivity index (χ1) is 8.08. The normalized spacial score (nSPS) is 15.8. The molecule has 1 aromatic rings. The second-order valence-corrected chi connectivity index (χ2v) is 6.46. The van der Waals surface area contributed by atoms with Gasteiger partial charge in [-0.1, -0.05) is 29.8 Å². The molecule has 1 nitrogen and oxygen atoms in total. The Hall–Kier alpha value is -0.210. The summed E-state index contributed by atoms with van der Waals surface area (Å²) in [6, 6.07) is 4.24. The molecular weight excluding hydrogens is 300 g/mol. The van der Waals surface area contributed by atoms with E-state index in [0.717, 1.165) is 41.7 Å². The fourth-order valence-corrected chi connectivity index (χ4v) is 2.98. The lowest BCUT2D eigenvalue weighted by Crippen LogP contribution is -1.98. The highest BCUT2D eigenvalue weighted by Gasteiger charge is 2.22. The Balaban J connectivity index is 2.20. The van der Waals surface area contributed by atoms with Crippen molar-refractivity contribution < 1.29 is 4.74 Å². The Bertz CT molecular complexity index is 403.